The van der Waals surface area contributed by atoms with Gasteiger partial charge in [-0.25, -0.2) is 0 Å². The van der Waals surface area contributed by atoms with Gasteiger partial charge >= 0.3 is 0 Å². The van der Waals surface area contributed by atoms with Gasteiger partial charge in [0.2, 0.25) is 0 Å². The van der Waals surface area contributed by atoms with E-state index in [0.29, 0.717) is 5.94 Å². The first-order valence-electron chi connectivity index (χ1n) is 3.93. The summed E-state index contributed by atoms with van der Waals surface area (Å²) in [5.41, 5.74) is 0.916. The number of thioether (sulfide) groups is 1. The van der Waals surface area contributed by atoms with Gasteiger partial charge in [-0.05, 0) is 11.8 Å². The molecule has 2 nitrogen and oxygen atoms in total. The largest absolute Gasteiger partial charge is 0.348 e. The second-order valence-electron chi connectivity index (χ2n) is 2.49. The lowest BCUT2D eigenvalue weighted by Gasteiger charge is -2.08. The van der Waals surface area contributed by atoms with Crippen molar-refractivity contribution in [3.05, 3.63) is 35.9 Å². The van der Waals surface area contributed by atoms with Gasteiger partial charge in [0.1, 0.15) is 0 Å². The van der Waals surface area contributed by atoms with Gasteiger partial charge in [-0.15, -0.1) is 11.8 Å². The molecule has 0 bridgehead atoms. The molecule has 1 atom stereocenters. The molecule has 68 valence electrons. The molecule has 0 amide bonds. The van der Waals surface area contributed by atoms with E-state index in [2.05, 4.69) is 6.07 Å². The molecule has 0 aliphatic heterocycles. The summed E-state index contributed by atoms with van der Waals surface area (Å²) < 4.78 is 5.33. The van der Waals surface area contributed by atoms with E-state index in [1.54, 1.807) is 11.8 Å². The van der Waals surface area contributed by atoms with Gasteiger partial charge in [0, 0.05) is 0 Å². The first kappa shape index (κ1) is 10.1. The smallest absolute Gasteiger partial charge is 0.170 e. The lowest BCUT2D eigenvalue weighted by molar-refractivity contribution is 0.134. The number of benzene rings is 1. The number of rotatable bonds is 4. The minimum Gasteiger partial charge on any atom is -0.348 e. The van der Waals surface area contributed by atoms with Crippen LogP contribution >= 0.6 is 11.8 Å². The Kier molecular flexibility index (Phi) is 4.37. The predicted octanol–water partition coefficient (Wildman–Crippen LogP) is 2.59. The Labute approximate surface area is 82.5 Å². The van der Waals surface area contributed by atoms with Crippen LogP contribution in [-0.4, -0.2) is 12.2 Å². The summed E-state index contributed by atoms with van der Waals surface area (Å²) in [6, 6.07) is 11.6. The summed E-state index contributed by atoms with van der Waals surface area (Å²) in [5, 5.41) is 8.82. The first-order chi connectivity index (χ1) is 6.38. The molecule has 0 fully saturated rings. The zero-order chi connectivity index (χ0) is 9.52. The molecule has 1 unspecified atom stereocenters. The predicted molar refractivity (Wildman–Crippen MR) is 54.3 cm³/mol. The van der Waals surface area contributed by atoms with Crippen LogP contribution in [0, 0.1) is 11.3 Å². The van der Waals surface area contributed by atoms with E-state index in [0.717, 1.165) is 5.56 Å². The quantitative estimate of drug-likeness (QED) is 0.689. The Hall–Kier alpha value is -0.980. The topological polar surface area (TPSA) is 33.0 Å². The van der Waals surface area contributed by atoms with E-state index in [-0.39, 0.29) is 0 Å². The summed E-state index contributed by atoms with van der Waals surface area (Å²) in [5.74, 6) is 0.549. The zero-order valence-corrected chi connectivity index (χ0v) is 8.25. The molecule has 3 heteroatoms. The number of hydrogen-bond donors (Lipinski definition) is 0. The lowest BCUT2D eigenvalue weighted by Crippen LogP contribution is -2.00. The van der Waals surface area contributed by atoms with Crippen LogP contribution in [0.25, 0.3) is 0 Å². The van der Waals surface area contributed by atoms with Crippen molar-refractivity contribution in [2.24, 2.45) is 0 Å². The number of nitrogens with zero attached hydrogens (tertiary/aromatic N) is 1. The monoisotopic (exact) mass is 193 g/mol. The SMILES string of the molecule is CSCOC(C#N)c1ccccc1. The minimum absolute atomic E-state index is 0.436. The molecule has 0 N–H and O–H groups in total. The molecule has 0 aliphatic carbocycles. The first-order valence-corrected chi connectivity index (χ1v) is 5.33. The fourth-order valence-corrected chi connectivity index (χ4v) is 1.24. The molecule has 0 aromatic heterocycles. The van der Waals surface area contributed by atoms with Gasteiger partial charge in [0.25, 0.3) is 0 Å². The highest BCUT2D eigenvalue weighted by molar-refractivity contribution is 7.98. The third-order valence-corrected chi connectivity index (χ3v) is 1.94. The van der Waals surface area contributed by atoms with Crippen LogP contribution in [0.1, 0.15) is 11.7 Å². The Balaban J connectivity index is 2.63. The van der Waals surface area contributed by atoms with E-state index in [9.17, 15) is 0 Å². The Morgan fingerprint density at radius 1 is 1.46 bits per heavy atom. The van der Waals surface area contributed by atoms with Crippen molar-refractivity contribution in [3.8, 4) is 6.07 Å². The van der Waals surface area contributed by atoms with E-state index >= 15 is 0 Å². The molecular weight excluding hydrogens is 182 g/mol. The Bertz CT molecular complexity index is 281. The molecule has 1 aromatic carbocycles. The van der Waals surface area contributed by atoms with Gasteiger partial charge in [-0.3, -0.25) is 0 Å². The van der Waals surface area contributed by atoms with Gasteiger partial charge < -0.3 is 4.74 Å². The molecule has 0 heterocycles. The molecule has 0 aliphatic rings. The van der Waals surface area contributed by atoms with Crippen LogP contribution in [0.2, 0.25) is 0 Å². The summed E-state index contributed by atoms with van der Waals surface area (Å²) in [6.07, 6.45) is 1.51. The van der Waals surface area contributed by atoms with Crippen molar-refractivity contribution in [2.75, 3.05) is 12.2 Å². The lowest BCUT2D eigenvalue weighted by atomic mass is 10.1. The van der Waals surface area contributed by atoms with Crippen molar-refractivity contribution in [3.63, 3.8) is 0 Å². The second kappa shape index (κ2) is 5.63. The zero-order valence-electron chi connectivity index (χ0n) is 7.43. The van der Waals surface area contributed by atoms with Crippen LogP contribution < -0.4 is 0 Å². The minimum atomic E-state index is -0.436. The van der Waals surface area contributed by atoms with Gasteiger partial charge in [-0.1, -0.05) is 30.3 Å². The third-order valence-electron chi connectivity index (χ3n) is 1.57. The average Bonchev–Trinajstić information content (AvgIpc) is 2.21. The molecule has 0 saturated heterocycles. The molecule has 1 rings (SSSR count). The van der Waals surface area contributed by atoms with Crippen molar-refractivity contribution < 1.29 is 4.74 Å². The van der Waals surface area contributed by atoms with Crippen LogP contribution in [0.5, 0.6) is 0 Å². The fourth-order valence-electron chi connectivity index (χ4n) is 0.972. The number of ether oxygens (including phenoxy) is 1. The normalized spacial score (nSPS) is 12.0. The standard InChI is InChI=1S/C10H11NOS/c1-13-8-12-10(7-11)9-5-3-2-4-6-9/h2-6,10H,8H2,1H3. The van der Waals surface area contributed by atoms with Crippen LogP contribution in [0.15, 0.2) is 30.3 Å². The van der Waals surface area contributed by atoms with Gasteiger partial charge in [0.15, 0.2) is 6.10 Å². The maximum absolute atomic E-state index is 8.82. The van der Waals surface area contributed by atoms with E-state index < -0.39 is 6.10 Å². The Morgan fingerprint density at radius 2 is 2.15 bits per heavy atom. The summed E-state index contributed by atoms with van der Waals surface area (Å²) in [4.78, 5) is 0. The van der Waals surface area contributed by atoms with Crippen molar-refractivity contribution in [2.45, 2.75) is 6.10 Å². The molecule has 13 heavy (non-hydrogen) atoms. The number of hydrogen-bond acceptors (Lipinski definition) is 3. The molecule has 0 radical (unpaired) electrons. The number of nitriles is 1. The van der Waals surface area contributed by atoms with E-state index in [4.69, 9.17) is 10.00 Å². The highest BCUT2D eigenvalue weighted by atomic mass is 32.2. The van der Waals surface area contributed by atoms with E-state index in [1.807, 2.05) is 36.6 Å². The van der Waals surface area contributed by atoms with Crippen molar-refractivity contribution in [1.29, 1.82) is 5.26 Å². The van der Waals surface area contributed by atoms with Gasteiger partial charge in [0.05, 0.1) is 12.0 Å². The maximum atomic E-state index is 8.82. The van der Waals surface area contributed by atoms with Gasteiger partial charge in [-0.2, -0.15) is 5.26 Å². The average molecular weight is 193 g/mol. The third kappa shape index (κ3) is 3.10. The summed E-state index contributed by atoms with van der Waals surface area (Å²) in [7, 11) is 0. The molecule has 1 aromatic rings. The van der Waals surface area contributed by atoms with Crippen LogP contribution in [-0.2, 0) is 4.74 Å². The molecule has 0 spiro atoms. The fraction of sp³-hybridized carbons (Fsp3) is 0.300. The maximum Gasteiger partial charge on any atom is 0.170 e. The highest BCUT2D eigenvalue weighted by Crippen LogP contribution is 2.16. The van der Waals surface area contributed by atoms with Crippen LogP contribution in [0.4, 0.5) is 0 Å². The summed E-state index contributed by atoms with van der Waals surface area (Å²) in [6.45, 7) is 0. The van der Waals surface area contributed by atoms with Crippen LogP contribution in [0.3, 0.4) is 0 Å². The molecular formula is C10H11NOS. The van der Waals surface area contributed by atoms with Crippen molar-refractivity contribution in [1.82, 2.24) is 0 Å². The Morgan fingerprint density at radius 3 is 2.69 bits per heavy atom. The van der Waals surface area contributed by atoms with E-state index in [1.165, 1.54) is 0 Å². The second-order valence-corrected chi connectivity index (χ2v) is 3.31. The molecule has 0 saturated carbocycles. The summed E-state index contributed by atoms with van der Waals surface area (Å²) >= 11 is 1.57. The van der Waals surface area contributed by atoms with Crippen molar-refractivity contribution >= 4 is 11.8 Å². The highest BCUT2D eigenvalue weighted by Gasteiger charge is 2.08.